The Bertz CT molecular complexity index is 283. The molecule has 5 nitrogen and oxygen atoms in total. The van der Waals surface area contributed by atoms with E-state index < -0.39 is 5.97 Å². The van der Waals surface area contributed by atoms with Crippen LogP contribution >= 0.6 is 12.2 Å². The molecule has 0 amide bonds. The fourth-order valence-corrected chi connectivity index (χ4v) is 0.690. The third kappa shape index (κ3) is 2.08. The zero-order valence-electron chi connectivity index (χ0n) is 5.44. The van der Waals surface area contributed by atoms with Gasteiger partial charge in [-0.3, -0.25) is 9.89 Å². The first-order valence-corrected chi connectivity index (χ1v) is 3.28. The molecule has 1 heterocycles. The highest BCUT2D eigenvalue weighted by Gasteiger charge is 2.04. The smallest absolute Gasteiger partial charge is 0.311 e. The Hall–Kier alpha value is -1.30. The molecule has 0 spiro atoms. The number of aromatic amines is 1. The number of rotatable bonds is 3. The summed E-state index contributed by atoms with van der Waals surface area (Å²) in [5.41, 5.74) is 0. The molecule has 1 rings (SSSR count). The van der Waals surface area contributed by atoms with Crippen molar-refractivity contribution in [2.75, 3.05) is 0 Å². The van der Waals surface area contributed by atoms with Crippen molar-refractivity contribution < 1.29 is 9.90 Å². The first-order valence-electron chi connectivity index (χ1n) is 2.80. The average Bonchev–Trinajstić information content (AvgIpc) is 2.34. The molecule has 0 aliphatic rings. The Morgan fingerprint density at radius 1 is 1.82 bits per heavy atom. The minimum absolute atomic E-state index is 0.157. The van der Waals surface area contributed by atoms with Crippen LogP contribution in [0.5, 0.6) is 0 Å². The summed E-state index contributed by atoms with van der Waals surface area (Å²) in [5, 5.41) is 15.7. The van der Waals surface area contributed by atoms with E-state index in [1.54, 1.807) is 0 Å². The second kappa shape index (κ2) is 3.20. The van der Waals surface area contributed by atoms with Crippen molar-refractivity contribution in [1.82, 2.24) is 15.2 Å². The topological polar surface area (TPSA) is 78.9 Å². The summed E-state index contributed by atoms with van der Waals surface area (Å²) in [5.74, 6) is -0.290. The highest BCUT2D eigenvalue weighted by Crippen LogP contribution is 1.90. The number of carboxylic acids is 1. The van der Waals surface area contributed by atoms with Crippen LogP contribution in [0.25, 0.3) is 0 Å². The van der Waals surface area contributed by atoms with Crippen molar-refractivity contribution in [1.29, 1.82) is 0 Å². The van der Waals surface area contributed by atoms with Gasteiger partial charge in [0, 0.05) is 5.37 Å². The van der Waals surface area contributed by atoms with E-state index in [4.69, 9.17) is 5.11 Å². The summed E-state index contributed by atoms with van der Waals surface area (Å²) in [7, 11) is 0. The molecule has 0 aliphatic heterocycles. The summed E-state index contributed by atoms with van der Waals surface area (Å²) in [6.45, 7) is 0. The largest absolute Gasteiger partial charge is 0.481 e. The van der Waals surface area contributed by atoms with Gasteiger partial charge in [-0.05, 0) is 0 Å². The van der Waals surface area contributed by atoms with Crippen molar-refractivity contribution in [3.8, 4) is 0 Å². The third-order valence-electron chi connectivity index (χ3n) is 0.973. The Labute approximate surface area is 67.5 Å². The van der Waals surface area contributed by atoms with Gasteiger partial charge in [0.05, 0.1) is 0 Å². The zero-order valence-corrected chi connectivity index (χ0v) is 6.26. The Morgan fingerprint density at radius 3 is 3.00 bits per heavy atom. The number of nitrogens with one attached hydrogen (secondary N) is 1. The Morgan fingerprint density at radius 2 is 2.55 bits per heavy atom. The minimum Gasteiger partial charge on any atom is -0.481 e. The molecule has 0 bridgehead atoms. The summed E-state index contributed by atoms with van der Waals surface area (Å²) >= 11 is 4.53. The van der Waals surface area contributed by atoms with Crippen LogP contribution in [0.2, 0.25) is 0 Å². The summed E-state index contributed by atoms with van der Waals surface area (Å²) in [6.07, 6.45) is -0.157. The molecule has 6 heteroatoms. The summed E-state index contributed by atoms with van der Waals surface area (Å²) in [4.78, 5) is 13.9. The summed E-state index contributed by atoms with van der Waals surface area (Å²) < 4.78 is 0. The predicted octanol–water partition coefficient (Wildman–Crippen LogP) is -0.220. The number of nitrogens with zero attached hydrogens (tertiary/aromatic N) is 2. The number of hydrogen-bond donors (Lipinski definition) is 2. The number of carbonyl (C=O) groups is 1. The van der Waals surface area contributed by atoms with Gasteiger partial charge in [0.15, 0.2) is 5.82 Å². The van der Waals surface area contributed by atoms with Crippen molar-refractivity contribution >= 4 is 23.6 Å². The van der Waals surface area contributed by atoms with Crippen LogP contribution in [0, 0.1) is 0 Å². The number of thiocarbonyl (C=S) groups is 1. The van der Waals surface area contributed by atoms with Crippen LogP contribution in [0.1, 0.15) is 11.6 Å². The molecule has 1 aromatic rings. The molecule has 0 saturated heterocycles. The maximum absolute atomic E-state index is 10.1. The van der Waals surface area contributed by atoms with Crippen LogP contribution < -0.4 is 0 Å². The molecule has 0 atom stereocenters. The van der Waals surface area contributed by atoms with Gasteiger partial charge in [-0.25, -0.2) is 4.98 Å². The molecule has 0 saturated carbocycles. The fourth-order valence-electron chi connectivity index (χ4n) is 0.585. The third-order valence-corrected chi connectivity index (χ3v) is 1.18. The molecule has 58 valence electrons. The summed E-state index contributed by atoms with van der Waals surface area (Å²) in [6, 6.07) is 0. The second-order valence-corrected chi connectivity index (χ2v) is 2.06. The number of hydrogen-bond acceptors (Lipinski definition) is 4. The number of carboxylic acid groups (broad SMARTS) is 1. The number of aliphatic carboxylic acids is 1. The van der Waals surface area contributed by atoms with E-state index in [2.05, 4.69) is 27.4 Å². The molecule has 11 heavy (non-hydrogen) atoms. The van der Waals surface area contributed by atoms with Crippen molar-refractivity contribution in [3.05, 3.63) is 11.6 Å². The number of H-pyrrole nitrogens is 1. The monoisotopic (exact) mass is 171 g/mol. The Balaban J connectivity index is 2.72. The van der Waals surface area contributed by atoms with E-state index in [-0.39, 0.29) is 6.42 Å². The quantitative estimate of drug-likeness (QED) is 0.614. The molecule has 0 fully saturated rings. The zero-order chi connectivity index (χ0) is 8.27. The lowest BCUT2D eigenvalue weighted by Gasteiger charge is -1.84. The molecule has 2 N–H and O–H groups in total. The molecule has 0 unspecified atom stereocenters. The van der Waals surface area contributed by atoms with Crippen LogP contribution in [0.3, 0.4) is 0 Å². The molecular formula is C5H5N3O2S. The van der Waals surface area contributed by atoms with E-state index in [9.17, 15) is 4.79 Å². The van der Waals surface area contributed by atoms with Crippen molar-refractivity contribution in [3.63, 3.8) is 0 Å². The second-order valence-electron chi connectivity index (χ2n) is 1.83. The SMILES string of the molecule is O=C(O)Cc1nc(C=S)n[nH]1. The lowest BCUT2D eigenvalue weighted by Crippen LogP contribution is -2.01. The van der Waals surface area contributed by atoms with Gasteiger partial charge in [-0.1, -0.05) is 12.2 Å². The van der Waals surface area contributed by atoms with Gasteiger partial charge < -0.3 is 5.11 Å². The van der Waals surface area contributed by atoms with Gasteiger partial charge in [0.1, 0.15) is 12.2 Å². The van der Waals surface area contributed by atoms with Gasteiger partial charge in [-0.2, -0.15) is 5.10 Å². The number of aromatic nitrogens is 3. The van der Waals surface area contributed by atoms with Gasteiger partial charge in [0.25, 0.3) is 0 Å². The van der Waals surface area contributed by atoms with Crippen LogP contribution in [0.15, 0.2) is 0 Å². The van der Waals surface area contributed by atoms with E-state index >= 15 is 0 Å². The van der Waals surface area contributed by atoms with Crippen LogP contribution in [-0.2, 0) is 11.2 Å². The fraction of sp³-hybridized carbons (Fsp3) is 0.200. The van der Waals surface area contributed by atoms with Gasteiger partial charge in [-0.15, -0.1) is 0 Å². The molecule has 0 radical (unpaired) electrons. The van der Waals surface area contributed by atoms with E-state index in [0.717, 1.165) is 0 Å². The van der Waals surface area contributed by atoms with Gasteiger partial charge in [0.2, 0.25) is 0 Å². The van der Waals surface area contributed by atoms with Crippen LogP contribution in [0.4, 0.5) is 0 Å². The normalized spacial score (nSPS) is 9.45. The van der Waals surface area contributed by atoms with Gasteiger partial charge >= 0.3 is 5.97 Å². The molecule has 0 aliphatic carbocycles. The standard InChI is InChI=1S/C5H5N3O2S/c9-5(10)1-3-6-4(2-11)8-7-3/h2H,1H2,(H,9,10)(H,6,7,8). The maximum atomic E-state index is 10.1. The average molecular weight is 171 g/mol. The molecule has 0 aromatic carbocycles. The first-order chi connectivity index (χ1) is 5.22. The van der Waals surface area contributed by atoms with Crippen molar-refractivity contribution in [2.24, 2.45) is 0 Å². The molecule has 1 aromatic heterocycles. The predicted molar refractivity (Wildman–Crippen MR) is 40.5 cm³/mol. The maximum Gasteiger partial charge on any atom is 0.311 e. The van der Waals surface area contributed by atoms with E-state index in [0.29, 0.717) is 11.6 Å². The Kier molecular flexibility index (Phi) is 2.27. The van der Waals surface area contributed by atoms with Crippen molar-refractivity contribution in [2.45, 2.75) is 6.42 Å². The lowest BCUT2D eigenvalue weighted by molar-refractivity contribution is -0.136. The highest BCUT2D eigenvalue weighted by molar-refractivity contribution is 7.79. The highest BCUT2D eigenvalue weighted by atomic mass is 32.1. The van der Waals surface area contributed by atoms with E-state index in [1.165, 1.54) is 5.37 Å². The first kappa shape index (κ1) is 7.80. The van der Waals surface area contributed by atoms with Crippen LogP contribution in [-0.4, -0.2) is 31.6 Å². The lowest BCUT2D eigenvalue weighted by atomic mass is 10.4. The van der Waals surface area contributed by atoms with E-state index in [1.807, 2.05) is 0 Å². The molecular weight excluding hydrogens is 166 g/mol. The minimum atomic E-state index is -0.947.